The fraction of sp³-hybridized carbons (Fsp3) is 0.571. The number of amides is 2. The third kappa shape index (κ3) is 5.24. The summed E-state index contributed by atoms with van der Waals surface area (Å²) in [6.07, 6.45) is 2.00. The van der Waals surface area contributed by atoms with E-state index in [9.17, 15) is 22.8 Å². The highest BCUT2D eigenvalue weighted by molar-refractivity contribution is 7.88. The summed E-state index contributed by atoms with van der Waals surface area (Å²) in [5.74, 6) is -0.839. The summed E-state index contributed by atoms with van der Waals surface area (Å²) in [5, 5.41) is 0. The normalized spacial score (nSPS) is 19.7. The predicted octanol–water partition coefficient (Wildman–Crippen LogP) is 0.214. The Hall–Kier alpha value is -2.46. The van der Waals surface area contributed by atoms with Gasteiger partial charge < -0.3 is 14.5 Å². The van der Waals surface area contributed by atoms with E-state index < -0.39 is 21.4 Å². The second-order valence-electron chi connectivity index (χ2n) is 8.07. The Morgan fingerprint density at radius 3 is 2.03 bits per heavy atom. The van der Waals surface area contributed by atoms with Crippen LogP contribution in [0.5, 0.6) is 0 Å². The fourth-order valence-corrected chi connectivity index (χ4v) is 5.02. The molecule has 1 aromatic rings. The minimum Gasteiger partial charge on any atom is -0.455 e. The highest BCUT2D eigenvalue weighted by atomic mass is 32.2. The van der Waals surface area contributed by atoms with Crippen LogP contribution in [0.4, 0.5) is 0 Å². The van der Waals surface area contributed by atoms with Gasteiger partial charge in [-0.15, -0.1) is 0 Å². The van der Waals surface area contributed by atoms with Crippen LogP contribution in [-0.2, 0) is 34.6 Å². The minimum atomic E-state index is -3.28. The highest BCUT2D eigenvalue weighted by Crippen LogP contribution is 2.37. The van der Waals surface area contributed by atoms with E-state index >= 15 is 0 Å². The van der Waals surface area contributed by atoms with Crippen LogP contribution in [0.25, 0.3) is 0 Å². The van der Waals surface area contributed by atoms with Crippen LogP contribution in [0.15, 0.2) is 30.3 Å². The van der Waals surface area contributed by atoms with Gasteiger partial charge in [0, 0.05) is 46.2 Å². The number of likely N-dealkylation sites (tertiary alicyclic amines) is 1. The van der Waals surface area contributed by atoms with Gasteiger partial charge in [0.1, 0.15) is 0 Å². The molecule has 0 saturated carbocycles. The molecule has 0 radical (unpaired) electrons. The maximum Gasteiger partial charge on any atom is 0.317 e. The number of rotatable bonds is 5. The van der Waals surface area contributed by atoms with E-state index in [4.69, 9.17) is 4.74 Å². The van der Waals surface area contributed by atoms with E-state index in [-0.39, 0.29) is 44.6 Å². The first-order valence-corrected chi connectivity index (χ1v) is 12.2. The first-order chi connectivity index (χ1) is 14.6. The third-order valence-electron chi connectivity index (χ3n) is 6.17. The van der Waals surface area contributed by atoms with Crippen molar-refractivity contribution in [3.63, 3.8) is 0 Å². The van der Waals surface area contributed by atoms with Crippen LogP contribution in [0.1, 0.15) is 25.3 Å². The van der Waals surface area contributed by atoms with E-state index in [2.05, 4.69) is 0 Å². The summed E-state index contributed by atoms with van der Waals surface area (Å²) in [7, 11) is -3.28. The lowest BCUT2D eigenvalue weighted by Crippen LogP contribution is -2.52. The molecule has 0 aliphatic carbocycles. The van der Waals surface area contributed by atoms with E-state index in [1.807, 2.05) is 30.3 Å². The zero-order valence-corrected chi connectivity index (χ0v) is 18.8. The molecule has 0 bridgehead atoms. The molecule has 0 spiro atoms. The number of esters is 1. The summed E-state index contributed by atoms with van der Waals surface area (Å²) in [4.78, 5) is 40.7. The van der Waals surface area contributed by atoms with Gasteiger partial charge in [-0.05, 0) is 18.4 Å². The molecule has 1 aromatic carbocycles. The Balaban J connectivity index is 1.64. The van der Waals surface area contributed by atoms with E-state index in [1.165, 1.54) is 16.1 Å². The summed E-state index contributed by atoms with van der Waals surface area (Å²) in [6, 6.07) is 9.32. The molecule has 2 aliphatic rings. The maximum absolute atomic E-state index is 13.2. The molecule has 0 N–H and O–H groups in total. The van der Waals surface area contributed by atoms with Gasteiger partial charge in [-0.25, -0.2) is 8.42 Å². The molecule has 9 nitrogen and oxygen atoms in total. The molecule has 10 heteroatoms. The number of nitrogens with zero attached hydrogens (tertiary/aromatic N) is 3. The van der Waals surface area contributed by atoms with Gasteiger partial charge in [0.15, 0.2) is 6.61 Å². The summed E-state index contributed by atoms with van der Waals surface area (Å²) < 4.78 is 30.0. The number of ether oxygens (including phenoxy) is 1. The van der Waals surface area contributed by atoms with Crippen LogP contribution in [0.3, 0.4) is 0 Å². The summed E-state index contributed by atoms with van der Waals surface area (Å²) in [5.41, 5.74) is -0.0833. The number of piperidine rings is 1. The van der Waals surface area contributed by atoms with Gasteiger partial charge >= 0.3 is 5.97 Å². The van der Waals surface area contributed by atoms with Gasteiger partial charge in [0.25, 0.3) is 5.91 Å². The number of benzene rings is 1. The Kier molecular flexibility index (Phi) is 7.00. The molecule has 2 heterocycles. The van der Waals surface area contributed by atoms with E-state index in [0.29, 0.717) is 25.9 Å². The Bertz CT molecular complexity index is 918. The van der Waals surface area contributed by atoms with Crippen molar-refractivity contribution in [1.29, 1.82) is 0 Å². The highest BCUT2D eigenvalue weighted by Gasteiger charge is 2.45. The van der Waals surface area contributed by atoms with Gasteiger partial charge in [-0.1, -0.05) is 30.3 Å². The number of sulfonamides is 1. The number of hydrogen-bond donors (Lipinski definition) is 0. The maximum atomic E-state index is 13.2. The molecule has 0 unspecified atom stereocenters. The van der Waals surface area contributed by atoms with Crippen molar-refractivity contribution in [2.45, 2.75) is 25.2 Å². The summed E-state index contributed by atoms with van der Waals surface area (Å²) in [6.45, 7) is 3.00. The smallest absolute Gasteiger partial charge is 0.317 e. The molecule has 0 atom stereocenters. The molecule has 2 fully saturated rings. The van der Waals surface area contributed by atoms with Crippen molar-refractivity contribution in [2.24, 2.45) is 0 Å². The van der Waals surface area contributed by atoms with Crippen LogP contribution in [-0.4, -0.2) is 92.4 Å². The van der Waals surface area contributed by atoms with Crippen LogP contribution in [0, 0.1) is 0 Å². The van der Waals surface area contributed by atoms with Gasteiger partial charge in [0.05, 0.1) is 11.7 Å². The molecule has 2 amide bonds. The number of carbonyl (C=O) groups excluding carboxylic acids is 3. The van der Waals surface area contributed by atoms with Gasteiger partial charge in [-0.2, -0.15) is 4.31 Å². The molecule has 0 aromatic heterocycles. The Morgan fingerprint density at radius 1 is 0.935 bits per heavy atom. The first-order valence-electron chi connectivity index (χ1n) is 10.3. The van der Waals surface area contributed by atoms with Crippen LogP contribution in [0.2, 0.25) is 0 Å². The molecule has 3 rings (SSSR count). The van der Waals surface area contributed by atoms with Crippen molar-refractivity contribution in [3.05, 3.63) is 35.9 Å². The molecule has 31 heavy (non-hydrogen) atoms. The standard InChI is InChI=1S/C21H29N3O6S/c1-17(25)22-10-8-21(9-11-22,18-6-4-3-5-7-18)20(27)30-16-19(26)23-12-14-24(15-13-23)31(2,28)29/h3-7H,8-16H2,1-2H3. The lowest BCUT2D eigenvalue weighted by molar-refractivity contribution is -0.160. The molecular weight excluding hydrogens is 422 g/mol. The number of carbonyl (C=O) groups is 3. The average molecular weight is 452 g/mol. The average Bonchev–Trinajstić information content (AvgIpc) is 2.77. The van der Waals surface area contributed by atoms with Crippen molar-refractivity contribution in [2.75, 3.05) is 52.1 Å². The quantitative estimate of drug-likeness (QED) is 0.593. The zero-order chi connectivity index (χ0) is 22.6. The van der Waals surface area contributed by atoms with Crippen molar-refractivity contribution < 1.29 is 27.5 Å². The van der Waals surface area contributed by atoms with Crippen molar-refractivity contribution in [3.8, 4) is 0 Å². The first kappa shape index (κ1) is 23.2. The fourth-order valence-electron chi connectivity index (χ4n) is 4.20. The lowest BCUT2D eigenvalue weighted by Gasteiger charge is -2.40. The molecular formula is C21H29N3O6S. The van der Waals surface area contributed by atoms with Crippen molar-refractivity contribution >= 4 is 27.8 Å². The predicted molar refractivity (Wildman–Crippen MR) is 114 cm³/mol. The van der Waals surface area contributed by atoms with Crippen LogP contribution >= 0.6 is 0 Å². The SMILES string of the molecule is CC(=O)N1CCC(C(=O)OCC(=O)N2CCN(S(C)(=O)=O)CC2)(c2ccccc2)CC1. The van der Waals surface area contributed by atoms with E-state index in [0.717, 1.165) is 11.8 Å². The zero-order valence-electron chi connectivity index (χ0n) is 18.0. The monoisotopic (exact) mass is 451 g/mol. The number of hydrogen-bond acceptors (Lipinski definition) is 6. The lowest BCUT2D eigenvalue weighted by atomic mass is 9.72. The molecule has 2 saturated heterocycles. The molecule has 2 aliphatic heterocycles. The second-order valence-corrected chi connectivity index (χ2v) is 10.1. The third-order valence-corrected chi connectivity index (χ3v) is 7.47. The Labute approximate surface area is 183 Å². The van der Waals surface area contributed by atoms with Gasteiger partial charge in [0.2, 0.25) is 15.9 Å². The largest absolute Gasteiger partial charge is 0.455 e. The van der Waals surface area contributed by atoms with E-state index in [1.54, 1.807) is 4.90 Å². The van der Waals surface area contributed by atoms with Gasteiger partial charge in [-0.3, -0.25) is 14.4 Å². The number of piperazine rings is 1. The van der Waals surface area contributed by atoms with Crippen molar-refractivity contribution in [1.82, 2.24) is 14.1 Å². The van der Waals surface area contributed by atoms with Crippen LogP contribution < -0.4 is 0 Å². The molecule has 170 valence electrons. The minimum absolute atomic E-state index is 0.0292. The Morgan fingerprint density at radius 2 is 1.52 bits per heavy atom. The topological polar surface area (TPSA) is 104 Å². The summed E-state index contributed by atoms with van der Waals surface area (Å²) >= 11 is 0. The second kappa shape index (κ2) is 9.35.